The van der Waals surface area contributed by atoms with E-state index in [1.54, 1.807) is 4.90 Å². The van der Waals surface area contributed by atoms with Crippen LogP contribution in [0.2, 0.25) is 0 Å². The topological polar surface area (TPSA) is 55.3 Å². The molecule has 0 saturated carbocycles. The Hall–Kier alpha value is -1.72. The number of amides is 1. The van der Waals surface area contributed by atoms with Crippen molar-refractivity contribution in [3.63, 3.8) is 0 Å². The minimum Gasteiger partial charge on any atom is -0.444 e. The fraction of sp³-hybridized carbons (Fsp3) is 0.667. The van der Waals surface area contributed by atoms with Gasteiger partial charge in [0.15, 0.2) is 5.82 Å². The van der Waals surface area contributed by atoms with E-state index in [9.17, 15) is 9.18 Å². The Labute approximate surface area is 124 Å². The second kappa shape index (κ2) is 6.37. The number of carbonyl (C=O) groups excluding carboxylic acids is 1. The van der Waals surface area contributed by atoms with Crippen molar-refractivity contribution < 1.29 is 13.9 Å². The zero-order chi connectivity index (χ0) is 15.5. The summed E-state index contributed by atoms with van der Waals surface area (Å²) in [6.07, 6.45) is 4.69. The molecule has 0 aromatic carbocycles. The number of carbonyl (C=O) groups is 1. The Morgan fingerprint density at radius 1 is 1.43 bits per heavy atom. The van der Waals surface area contributed by atoms with Crippen LogP contribution in [0, 0.1) is 11.7 Å². The summed E-state index contributed by atoms with van der Waals surface area (Å²) in [7, 11) is 0. The third-order valence-corrected chi connectivity index (χ3v) is 3.32. The van der Waals surface area contributed by atoms with E-state index in [0.29, 0.717) is 18.8 Å². The standard InChI is InChI=1S/C15H22FN3O2/c1-15(2,3)21-14(20)19-6-4-5-11(10-19)7-13-17-8-12(16)9-18-13/h8-9,11H,4-7,10H2,1-3H3/t11-/m1/s1. The molecule has 1 amide bonds. The molecule has 1 atom stereocenters. The highest BCUT2D eigenvalue weighted by Crippen LogP contribution is 2.21. The number of ether oxygens (including phenoxy) is 1. The van der Waals surface area contributed by atoms with Gasteiger partial charge in [0.1, 0.15) is 11.4 Å². The van der Waals surface area contributed by atoms with Crippen LogP contribution in [0.3, 0.4) is 0 Å². The second-order valence-corrected chi connectivity index (χ2v) is 6.46. The maximum Gasteiger partial charge on any atom is 0.410 e. The van der Waals surface area contributed by atoms with Gasteiger partial charge in [-0.1, -0.05) is 0 Å². The van der Waals surface area contributed by atoms with Gasteiger partial charge in [-0.2, -0.15) is 0 Å². The molecule has 2 rings (SSSR count). The van der Waals surface area contributed by atoms with Crippen LogP contribution in [-0.2, 0) is 11.2 Å². The Kier molecular flexibility index (Phi) is 4.75. The first kappa shape index (κ1) is 15.7. The van der Waals surface area contributed by atoms with Crippen LogP contribution in [0.4, 0.5) is 9.18 Å². The molecule has 0 spiro atoms. The fourth-order valence-corrected chi connectivity index (χ4v) is 2.43. The number of rotatable bonds is 2. The molecule has 1 saturated heterocycles. The van der Waals surface area contributed by atoms with Gasteiger partial charge >= 0.3 is 6.09 Å². The van der Waals surface area contributed by atoms with Crippen molar-refractivity contribution in [3.8, 4) is 0 Å². The molecular formula is C15H22FN3O2. The summed E-state index contributed by atoms with van der Waals surface area (Å²) in [6, 6.07) is 0. The average molecular weight is 295 g/mol. The van der Waals surface area contributed by atoms with E-state index in [-0.39, 0.29) is 12.0 Å². The van der Waals surface area contributed by atoms with Gasteiger partial charge < -0.3 is 9.64 Å². The third kappa shape index (κ3) is 4.95. The number of hydrogen-bond donors (Lipinski definition) is 0. The highest BCUT2D eigenvalue weighted by molar-refractivity contribution is 5.68. The van der Waals surface area contributed by atoms with Gasteiger partial charge in [0.05, 0.1) is 12.4 Å². The largest absolute Gasteiger partial charge is 0.444 e. The summed E-state index contributed by atoms with van der Waals surface area (Å²) in [5, 5.41) is 0. The summed E-state index contributed by atoms with van der Waals surface area (Å²) < 4.78 is 18.2. The number of nitrogens with zero attached hydrogens (tertiary/aromatic N) is 3. The molecule has 1 aliphatic rings. The van der Waals surface area contributed by atoms with Gasteiger partial charge in [-0.3, -0.25) is 0 Å². The first-order chi connectivity index (χ1) is 9.83. The molecule has 1 aromatic heterocycles. The molecule has 5 nitrogen and oxygen atoms in total. The molecule has 2 heterocycles. The summed E-state index contributed by atoms with van der Waals surface area (Å²) >= 11 is 0. The zero-order valence-electron chi connectivity index (χ0n) is 12.8. The van der Waals surface area contributed by atoms with E-state index in [1.165, 1.54) is 12.4 Å². The first-order valence-corrected chi connectivity index (χ1v) is 7.28. The average Bonchev–Trinajstić information content (AvgIpc) is 2.40. The molecule has 1 aromatic rings. The molecule has 116 valence electrons. The van der Waals surface area contributed by atoms with Crippen molar-refractivity contribution in [2.24, 2.45) is 5.92 Å². The van der Waals surface area contributed by atoms with Crippen molar-refractivity contribution in [1.82, 2.24) is 14.9 Å². The van der Waals surface area contributed by atoms with E-state index in [2.05, 4.69) is 9.97 Å². The van der Waals surface area contributed by atoms with Crippen LogP contribution in [-0.4, -0.2) is 39.7 Å². The monoisotopic (exact) mass is 295 g/mol. The lowest BCUT2D eigenvalue weighted by Gasteiger charge is -2.33. The fourth-order valence-electron chi connectivity index (χ4n) is 2.43. The van der Waals surface area contributed by atoms with E-state index < -0.39 is 11.4 Å². The number of likely N-dealkylation sites (tertiary alicyclic amines) is 1. The SMILES string of the molecule is CC(C)(C)OC(=O)N1CCC[C@H](Cc2ncc(F)cn2)C1. The van der Waals surface area contributed by atoms with Crippen molar-refractivity contribution in [2.75, 3.05) is 13.1 Å². The zero-order valence-corrected chi connectivity index (χ0v) is 12.8. The molecular weight excluding hydrogens is 273 g/mol. The lowest BCUT2D eigenvalue weighted by molar-refractivity contribution is 0.0165. The normalized spacial score (nSPS) is 19.4. The van der Waals surface area contributed by atoms with Gasteiger partial charge in [0.25, 0.3) is 0 Å². The minimum atomic E-state index is -0.482. The van der Waals surface area contributed by atoms with Crippen LogP contribution >= 0.6 is 0 Å². The highest BCUT2D eigenvalue weighted by atomic mass is 19.1. The summed E-state index contributed by atoms with van der Waals surface area (Å²) in [5.41, 5.74) is -0.482. The maximum atomic E-state index is 12.8. The van der Waals surface area contributed by atoms with Crippen LogP contribution in [0.25, 0.3) is 0 Å². The number of aromatic nitrogens is 2. The predicted molar refractivity (Wildman–Crippen MR) is 76.2 cm³/mol. The van der Waals surface area contributed by atoms with E-state index in [1.807, 2.05) is 20.8 Å². The minimum absolute atomic E-state index is 0.271. The summed E-state index contributed by atoms with van der Waals surface area (Å²) in [5.74, 6) is 0.474. The molecule has 1 fully saturated rings. The van der Waals surface area contributed by atoms with Crippen LogP contribution in [0.15, 0.2) is 12.4 Å². The second-order valence-electron chi connectivity index (χ2n) is 6.46. The Morgan fingerprint density at radius 3 is 2.71 bits per heavy atom. The van der Waals surface area contributed by atoms with Crippen molar-refractivity contribution in [1.29, 1.82) is 0 Å². The van der Waals surface area contributed by atoms with E-state index in [4.69, 9.17) is 4.74 Å². The molecule has 6 heteroatoms. The van der Waals surface area contributed by atoms with E-state index in [0.717, 1.165) is 19.4 Å². The van der Waals surface area contributed by atoms with Crippen LogP contribution < -0.4 is 0 Å². The van der Waals surface area contributed by atoms with Gasteiger partial charge in [-0.15, -0.1) is 0 Å². The van der Waals surface area contributed by atoms with Gasteiger partial charge in [-0.05, 0) is 39.5 Å². The van der Waals surface area contributed by atoms with Crippen LogP contribution in [0.1, 0.15) is 39.4 Å². The van der Waals surface area contributed by atoms with Gasteiger partial charge in [-0.25, -0.2) is 19.2 Å². The Bertz CT molecular complexity index is 485. The molecule has 0 unspecified atom stereocenters. The molecule has 0 bridgehead atoms. The molecule has 0 radical (unpaired) electrons. The van der Waals surface area contributed by atoms with Crippen molar-refractivity contribution in [2.45, 2.75) is 45.6 Å². The smallest absolute Gasteiger partial charge is 0.410 e. The van der Waals surface area contributed by atoms with Gasteiger partial charge in [0.2, 0.25) is 0 Å². The molecule has 21 heavy (non-hydrogen) atoms. The number of hydrogen-bond acceptors (Lipinski definition) is 4. The van der Waals surface area contributed by atoms with Gasteiger partial charge in [0, 0.05) is 19.5 Å². The summed E-state index contributed by atoms with van der Waals surface area (Å²) in [4.78, 5) is 21.8. The van der Waals surface area contributed by atoms with Crippen LogP contribution in [0.5, 0.6) is 0 Å². The molecule has 0 N–H and O–H groups in total. The Balaban J connectivity index is 1.91. The lowest BCUT2D eigenvalue weighted by atomic mass is 9.95. The van der Waals surface area contributed by atoms with Crippen molar-refractivity contribution >= 4 is 6.09 Å². The quantitative estimate of drug-likeness (QED) is 0.842. The number of piperidine rings is 1. The first-order valence-electron chi connectivity index (χ1n) is 7.28. The molecule has 1 aliphatic heterocycles. The third-order valence-electron chi connectivity index (χ3n) is 3.32. The van der Waals surface area contributed by atoms with Crippen molar-refractivity contribution in [3.05, 3.63) is 24.0 Å². The lowest BCUT2D eigenvalue weighted by Crippen LogP contribution is -2.43. The highest BCUT2D eigenvalue weighted by Gasteiger charge is 2.28. The maximum absolute atomic E-state index is 12.8. The summed E-state index contributed by atoms with van der Waals surface area (Å²) in [6.45, 7) is 6.93. The number of halogens is 1. The Morgan fingerprint density at radius 2 is 2.10 bits per heavy atom. The molecule has 0 aliphatic carbocycles. The van der Waals surface area contributed by atoms with E-state index >= 15 is 0 Å². The predicted octanol–water partition coefficient (Wildman–Crippen LogP) is 2.81.